The molecule has 1 aromatic heterocycles. The summed E-state index contributed by atoms with van der Waals surface area (Å²) in [4.78, 5) is 15.7. The van der Waals surface area contributed by atoms with Crippen molar-refractivity contribution >= 4 is 11.0 Å². The van der Waals surface area contributed by atoms with E-state index in [4.69, 9.17) is 4.74 Å². The van der Waals surface area contributed by atoms with Crippen LogP contribution in [0.2, 0.25) is 0 Å². The lowest BCUT2D eigenvalue weighted by Crippen LogP contribution is -2.38. The molecule has 1 fully saturated rings. The summed E-state index contributed by atoms with van der Waals surface area (Å²) in [6.07, 6.45) is 2.76. The van der Waals surface area contributed by atoms with Gasteiger partial charge in [0.25, 0.3) is 0 Å². The van der Waals surface area contributed by atoms with E-state index in [2.05, 4.69) is 48.2 Å². The molecule has 1 N–H and O–H groups in total. The Hall–Kier alpha value is -3.35. The molecule has 36 heavy (non-hydrogen) atoms. The summed E-state index contributed by atoms with van der Waals surface area (Å²) in [6, 6.07) is 26.8. The van der Waals surface area contributed by atoms with E-state index in [1.807, 2.05) is 47.0 Å². The number of ether oxygens (including phenoxy) is 1. The highest BCUT2D eigenvalue weighted by molar-refractivity contribution is 5.76. The number of aryl methyl sites for hydroxylation is 1. The van der Waals surface area contributed by atoms with Gasteiger partial charge in [-0.2, -0.15) is 0 Å². The molecule has 6 heteroatoms. The molecule has 0 radical (unpaired) electrons. The molecule has 0 spiro atoms. The second-order valence-electron chi connectivity index (χ2n) is 9.71. The lowest BCUT2D eigenvalue weighted by atomic mass is 10.0. The van der Waals surface area contributed by atoms with Crippen molar-refractivity contribution < 1.29 is 9.84 Å². The van der Waals surface area contributed by atoms with Crippen LogP contribution in [0.4, 0.5) is 0 Å². The molecule has 0 bridgehead atoms. The van der Waals surface area contributed by atoms with Crippen molar-refractivity contribution in [2.24, 2.45) is 0 Å². The zero-order valence-electron chi connectivity index (χ0n) is 20.9. The fraction of sp³-hybridized carbons (Fsp3) is 0.367. The summed E-state index contributed by atoms with van der Waals surface area (Å²) in [5.41, 5.74) is 4.23. The summed E-state index contributed by atoms with van der Waals surface area (Å²) in [5, 5.41) is 9.46. The van der Waals surface area contributed by atoms with E-state index in [-0.39, 0.29) is 24.4 Å². The van der Waals surface area contributed by atoms with Crippen LogP contribution in [-0.2, 0) is 6.54 Å². The SMILES string of the molecule is Cc1cccc(OC(CCN2CCC(n3c(=O)n(CCO)c4ccccc43)CC2)c2ccccc2)c1. The smallest absolute Gasteiger partial charge is 0.329 e. The molecule has 3 aromatic carbocycles. The number of hydrogen-bond donors (Lipinski definition) is 1. The van der Waals surface area contributed by atoms with Gasteiger partial charge in [0.1, 0.15) is 11.9 Å². The number of hydrogen-bond acceptors (Lipinski definition) is 4. The molecule has 5 rings (SSSR count). The summed E-state index contributed by atoms with van der Waals surface area (Å²) < 4.78 is 10.1. The van der Waals surface area contributed by atoms with Gasteiger partial charge in [-0.1, -0.05) is 54.6 Å². The van der Waals surface area contributed by atoms with Gasteiger partial charge in [-0.05, 0) is 55.2 Å². The third-order valence-corrected chi connectivity index (χ3v) is 7.26. The number of likely N-dealkylation sites (tertiary alicyclic amines) is 1. The van der Waals surface area contributed by atoms with Gasteiger partial charge in [0.05, 0.1) is 24.2 Å². The third kappa shape index (κ3) is 5.25. The van der Waals surface area contributed by atoms with Gasteiger partial charge in [-0.3, -0.25) is 9.13 Å². The number of benzene rings is 3. The molecule has 188 valence electrons. The van der Waals surface area contributed by atoms with Crippen molar-refractivity contribution in [3.8, 4) is 5.75 Å². The number of aliphatic hydroxyl groups excluding tert-OH is 1. The van der Waals surface area contributed by atoms with E-state index < -0.39 is 0 Å². The number of nitrogens with zero attached hydrogens (tertiary/aromatic N) is 3. The van der Waals surface area contributed by atoms with E-state index in [1.165, 1.54) is 11.1 Å². The van der Waals surface area contributed by atoms with Crippen LogP contribution >= 0.6 is 0 Å². The molecule has 2 heterocycles. The van der Waals surface area contributed by atoms with Crippen LogP contribution in [0.25, 0.3) is 11.0 Å². The van der Waals surface area contributed by atoms with Crippen LogP contribution in [0, 0.1) is 6.92 Å². The second kappa shape index (κ2) is 11.1. The molecule has 1 aliphatic heterocycles. The molecule has 1 atom stereocenters. The Morgan fingerprint density at radius 2 is 1.64 bits per heavy atom. The largest absolute Gasteiger partial charge is 0.486 e. The van der Waals surface area contributed by atoms with Crippen LogP contribution in [0.15, 0.2) is 83.7 Å². The van der Waals surface area contributed by atoms with Gasteiger partial charge in [0.15, 0.2) is 0 Å². The number of aliphatic hydroxyl groups is 1. The lowest BCUT2D eigenvalue weighted by molar-refractivity contribution is 0.138. The minimum absolute atomic E-state index is 0.00944. The maximum atomic E-state index is 13.2. The summed E-state index contributed by atoms with van der Waals surface area (Å²) in [5.74, 6) is 0.904. The minimum Gasteiger partial charge on any atom is -0.486 e. The van der Waals surface area contributed by atoms with E-state index in [0.29, 0.717) is 6.54 Å². The van der Waals surface area contributed by atoms with Crippen LogP contribution < -0.4 is 10.4 Å². The predicted octanol–water partition coefficient (Wildman–Crippen LogP) is 4.95. The first-order chi connectivity index (χ1) is 17.6. The quantitative estimate of drug-likeness (QED) is 0.364. The average molecular weight is 486 g/mol. The van der Waals surface area contributed by atoms with Crippen molar-refractivity contribution in [2.45, 2.75) is 44.9 Å². The Balaban J connectivity index is 1.26. The number of fused-ring (bicyclic) bond motifs is 1. The first kappa shape index (κ1) is 24.3. The van der Waals surface area contributed by atoms with Crippen molar-refractivity contribution in [2.75, 3.05) is 26.2 Å². The van der Waals surface area contributed by atoms with Crippen LogP contribution in [0.1, 0.15) is 42.5 Å². The monoisotopic (exact) mass is 485 g/mol. The van der Waals surface area contributed by atoms with E-state index in [0.717, 1.165) is 55.7 Å². The molecule has 0 amide bonds. The topological polar surface area (TPSA) is 59.6 Å². The predicted molar refractivity (Wildman–Crippen MR) is 144 cm³/mol. The Morgan fingerprint density at radius 3 is 2.36 bits per heavy atom. The Morgan fingerprint density at radius 1 is 0.917 bits per heavy atom. The normalized spacial score (nSPS) is 15.8. The molecule has 4 aromatic rings. The molecule has 1 aliphatic rings. The van der Waals surface area contributed by atoms with Gasteiger partial charge in [0.2, 0.25) is 0 Å². The molecular weight excluding hydrogens is 450 g/mol. The summed E-state index contributed by atoms with van der Waals surface area (Å²) in [6.45, 7) is 5.21. The van der Waals surface area contributed by atoms with Crippen LogP contribution in [-0.4, -0.2) is 45.4 Å². The number of imidazole rings is 1. The van der Waals surface area contributed by atoms with Gasteiger partial charge < -0.3 is 14.7 Å². The van der Waals surface area contributed by atoms with E-state index in [9.17, 15) is 9.90 Å². The van der Waals surface area contributed by atoms with Crippen molar-refractivity contribution in [1.29, 1.82) is 0 Å². The molecular formula is C30H35N3O3. The summed E-state index contributed by atoms with van der Waals surface area (Å²) in [7, 11) is 0. The van der Waals surface area contributed by atoms with Gasteiger partial charge in [-0.25, -0.2) is 4.79 Å². The number of para-hydroxylation sites is 2. The maximum Gasteiger partial charge on any atom is 0.329 e. The van der Waals surface area contributed by atoms with Crippen LogP contribution in [0.5, 0.6) is 5.75 Å². The van der Waals surface area contributed by atoms with Crippen molar-refractivity contribution in [1.82, 2.24) is 14.0 Å². The van der Waals surface area contributed by atoms with Crippen LogP contribution in [0.3, 0.4) is 0 Å². The first-order valence-corrected chi connectivity index (χ1v) is 13.0. The lowest BCUT2D eigenvalue weighted by Gasteiger charge is -2.33. The average Bonchev–Trinajstić information content (AvgIpc) is 3.19. The Kier molecular flexibility index (Phi) is 7.54. The fourth-order valence-corrected chi connectivity index (χ4v) is 5.42. The van der Waals surface area contributed by atoms with E-state index >= 15 is 0 Å². The van der Waals surface area contributed by atoms with Gasteiger partial charge in [0, 0.05) is 32.1 Å². The van der Waals surface area contributed by atoms with Crippen molar-refractivity contribution in [3.05, 3.63) is 100 Å². The number of aromatic nitrogens is 2. The highest BCUT2D eigenvalue weighted by Gasteiger charge is 2.26. The molecule has 0 saturated carbocycles. The highest BCUT2D eigenvalue weighted by Crippen LogP contribution is 2.29. The van der Waals surface area contributed by atoms with Crippen molar-refractivity contribution in [3.63, 3.8) is 0 Å². The number of piperidine rings is 1. The fourth-order valence-electron chi connectivity index (χ4n) is 5.42. The first-order valence-electron chi connectivity index (χ1n) is 13.0. The Bertz CT molecular complexity index is 1340. The zero-order chi connectivity index (χ0) is 24.9. The maximum absolute atomic E-state index is 13.2. The van der Waals surface area contributed by atoms with Gasteiger partial charge >= 0.3 is 5.69 Å². The second-order valence-corrected chi connectivity index (χ2v) is 9.71. The summed E-state index contributed by atoms with van der Waals surface area (Å²) >= 11 is 0. The highest BCUT2D eigenvalue weighted by atomic mass is 16.5. The standard InChI is InChI=1S/C30H35N3O3/c1-23-8-7-11-26(22-23)36-29(24-9-3-2-4-10-24)16-19-31-17-14-25(15-18-31)33-28-13-6-5-12-27(28)32(20-21-34)30(33)35/h2-13,22,25,29,34H,14-21H2,1H3. The van der Waals surface area contributed by atoms with Gasteiger partial charge in [-0.15, -0.1) is 0 Å². The minimum atomic E-state index is -0.0421. The molecule has 1 unspecified atom stereocenters. The molecule has 1 saturated heterocycles. The zero-order valence-corrected chi connectivity index (χ0v) is 20.9. The third-order valence-electron chi connectivity index (χ3n) is 7.26. The Labute approximate surface area is 212 Å². The number of rotatable bonds is 9. The molecule has 0 aliphatic carbocycles. The molecule has 6 nitrogen and oxygen atoms in total. The van der Waals surface area contributed by atoms with E-state index in [1.54, 1.807) is 4.57 Å².